The van der Waals surface area contributed by atoms with Gasteiger partial charge in [0.05, 0.1) is 17.2 Å². The second-order valence-corrected chi connectivity index (χ2v) is 6.18. The third-order valence-electron chi connectivity index (χ3n) is 4.18. The monoisotopic (exact) mass is 402 g/mol. The average Bonchev–Trinajstić information content (AvgIpc) is 3.34. The van der Waals surface area contributed by atoms with Gasteiger partial charge in [0.15, 0.2) is 12.4 Å². The van der Waals surface area contributed by atoms with E-state index in [1.165, 1.54) is 21.8 Å². The standard InChI is InChI=1S/C18H19FN6O4/c1-3-24-14(6-8-20-24)11-22(2)18(26)15-7-9-23(21-15)12-29-17-10-13(19)4-5-16(17)25(27)28/h4-10H,3,11-12H2,1-2H3. The van der Waals surface area contributed by atoms with E-state index < -0.39 is 10.7 Å². The second-order valence-electron chi connectivity index (χ2n) is 6.18. The van der Waals surface area contributed by atoms with Gasteiger partial charge in [-0.3, -0.25) is 19.6 Å². The molecule has 2 aromatic heterocycles. The normalized spacial score (nSPS) is 10.7. The molecule has 1 aromatic carbocycles. The van der Waals surface area contributed by atoms with Crippen LogP contribution in [0.1, 0.15) is 23.1 Å². The number of halogens is 1. The fraction of sp³-hybridized carbons (Fsp3) is 0.278. The van der Waals surface area contributed by atoms with Gasteiger partial charge in [0.1, 0.15) is 5.82 Å². The summed E-state index contributed by atoms with van der Waals surface area (Å²) in [6.07, 6.45) is 3.18. The van der Waals surface area contributed by atoms with Crippen LogP contribution in [0.2, 0.25) is 0 Å². The number of nitro benzene ring substituents is 1. The number of benzene rings is 1. The minimum Gasteiger partial charge on any atom is -0.464 e. The Hall–Kier alpha value is -3.76. The van der Waals surface area contributed by atoms with Gasteiger partial charge in [-0.2, -0.15) is 10.2 Å². The van der Waals surface area contributed by atoms with E-state index in [2.05, 4.69) is 10.2 Å². The first-order chi connectivity index (χ1) is 13.9. The largest absolute Gasteiger partial charge is 0.464 e. The Labute approximate surface area is 165 Å². The molecule has 0 aliphatic rings. The maximum absolute atomic E-state index is 13.4. The summed E-state index contributed by atoms with van der Waals surface area (Å²) in [4.78, 5) is 24.4. The molecule has 0 spiro atoms. The van der Waals surface area contributed by atoms with Crippen molar-refractivity contribution in [1.29, 1.82) is 0 Å². The molecular formula is C18H19FN6O4. The highest BCUT2D eigenvalue weighted by Gasteiger charge is 2.18. The number of hydrogen-bond acceptors (Lipinski definition) is 6. The smallest absolute Gasteiger partial charge is 0.311 e. The molecule has 0 aliphatic heterocycles. The van der Waals surface area contributed by atoms with Crippen LogP contribution in [0.25, 0.3) is 0 Å². The lowest BCUT2D eigenvalue weighted by molar-refractivity contribution is -0.386. The number of rotatable bonds is 8. The van der Waals surface area contributed by atoms with Gasteiger partial charge in [0, 0.05) is 38.1 Å². The number of aromatic nitrogens is 4. The van der Waals surface area contributed by atoms with E-state index in [9.17, 15) is 19.3 Å². The van der Waals surface area contributed by atoms with Crippen LogP contribution in [0.4, 0.5) is 10.1 Å². The van der Waals surface area contributed by atoms with Gasteiger partial charge in [-0.25, -0.2) is 9.07 Å². The summed E-state index contributed by atoms with van der Waals surface area (Å²) in [5.74, 6) is -1.18. The second kappa shape index (κ2) is 8.50. The first-order valence-corrected chi connectivity index (χ1v) is 8.75. The van der Waals surface area contributed by atoms with Crippen LogP contribution in [0.5, 0.6) is 5.75 Å². The van der Waals surface area contributed by atoms with E-state index in [0.29, 0.717) is 13.1 Å². The fourth-order valence-electron chi connectivity index (χ4n) is 2.73. The zero-order chi connectivity index (χ0) is 21.0. The van der Waals surface area contributed by atoms with E-state index in [-0.39, 0.29) is 29.8 Å². The van der Waals surface area contributed by atoms with E-state index in [0.717, 1.165) is 23.9 Å². The number of nitro groups is 1. The number of nitrogens with zero attached hydrogens (tertiary/aromatic N) is 6. The van der Waals surface area contributed by atoms with Gasteiger partial charge in [0.25, 0.3) is 5.91 Å². The molecule has 1 amide bonds. The molecule has 0 atom stereocenters. The predicted molar refractivity (Wildman–Crippen MR) is 99.6 cm³/mol. The van der Waals surface area contributed by atoms with Gasteiger partial charge in [-0.1, -0.05) is 0 Å². The number of amides is 1. The van der Waals surface area contributed by atoms with Crippen molar-refractivity contribution in [3.05, 3.63) is 70.0 Å². The molecular weight excluding hydrogens is 383 g/mol. The molecule has 10 nitrogen and oxygen atoms in total. The van der Waals surface area contributed by atoms with Crippen LogP contribution < -0.4 is 4.74 Å². The topological polar surface area (TPSA) is 108 Å². The van der Waals surface area contributed by atoms with Crippen LogP contribution >= 0.6 is 0 Å². The Balaban J connectivity index is 1.65. The fourth-order valence-corrected chi connectivity index (χ4v) is 2.73. The van der Waals surface area contributed by atoms with Crippen molar-refractivity contribution in [2.75, 3.05) is 7.05 Å². The number of carbonyl (C=O) groups excluding carboxylic acids is 1. The van der Waals surface area contributed by atoms with Crippen molar-refractivity contribution in [2.45, 2.75) is 26.7 Å². The van der Waals surface area contributed by atoms with Crippen LogP contribution in [-0.2, 0) is 19.8 Å². The summed E-state index contributed by atoms with van der Waals surface area (Å²) in [7, 11) is 1.65. The predicted octanol–water partition coefficient (Wildman–Crippen LogP) is 2.46. The lowest BCUT2D eigenvalue weighted by atomic mass is 10.3. The number of ether oxygens (including phenoxy) is 1. The molecule has 0 bridgehead atoms. The minimum absolute atomic E-state index is 0.187. The Kier molecular flexibility index (Phi) is 5.86. The number of carbonyl (C=O) groups is 1. The molecule has 0 N–H and O–H groups in total. The molecule has 0 aliphatic carbocycles. The third-order valence-corrected chi connectivity index (χ3v) is 4.18. The summed E-state index contributed by atoms with van der Waals surface area (Å²) < 4.78 is 21.8. The van der Waals surface area contributed by atoms with Crippen LogP contribution in [-0.4, -0.2) is 42.3 Å². The molecule has 2 heterocycles. The van der Waals surface area contributed by atoms with E-state index in [4.69, 9.17) is 4.74 Å². The number of hydrogen-bond donors (Lipinski definition) is 0. The van der Waals surface area contributed by atoms with E-state index in [1.807, 2.05) is 13.0 Å². The molecule has 0 saturated heterocycles. The van der Waals surface area contributed by atoms with Crippen molar-refractivity contribution in [3.8, 4) is 5.75 Å². The summed E-state index contributed by atoms with van der Waals surface area (Å²) >= 11 is 0. The molecule has 0 radical (unpaired) electrons. The first kappa shape index (κ1) is 20.0. The highest BCUT2D eigenvalue weighted by molar-refractivity contribution is 5.91. The van der Waals surface area contributed by atoms with Crippen molar-refractivity contribution in [2.24, 2.45) is 0 Å². The molecule has 152 valence electrons. The van der Waals surface area contributed by atoms with Gasteiger partial charge in [-0.15, -0.1) is 0 Å². The lowest BCUT2D eigenvalue weighted by Crippen LogP contribution is -2.28. The van der Waals surface area contributed by atoms with Crippen LogP contribution in [0.15, 0.2) is 42.7 Å². The molecule has 29 heavy (non-hydrogen) atoms. The van der Waals surface area contributed by atoms with Crippen LogP contribution in [0.3, 0.4) is 0 Å². The van der Waals surface area contributed by atoms with Crippen LogP contribution in [0, 0.1) is 15.9 Å². The average molecular weight is 402 g/mol. The van der Waals surface area contributed by atoms with Gasteiger partial charge in [0.2, 0.25) is 5.75 Å². The molecule has 3 aromatic rings. The molecule has 0 saturated carbocycles. The first-order valence-electron chi connectivity index (χ1n) is 8.75. The Morgan fingerprint density at radius 1 is 1.34 bits per heavy atom. The Morgan fingerprint density at radius 3 is 2.86 bits per heavy atom. The van der Waals surface area contributed by atoms with Gasteiger partial charge >= 0.3 is 5.69 Å². The summed E-state index contributed by atoms with van der Waals surface area (Å²) in [6, 6.07) is 6.29. The number of aryl methyl sites for hydroxylation is 1. The Morgan fingerprint density at radius 2 is 2.14 bits per heavy atom. The van der Waals surface area contributed by atoms with Crippen molar-refractivity contribution < 1.29 is 18.8 Å². The maximum atomic E-state index is 13.4. The maximum Gasteiger partial charge on any atom is 0.311 e. The summed E-state index contributed by atoms with van der Waals surface area (Å²) in [6.45, 7) is 2.81. The summed E-state index contributed by atoms with van der Waals surface area (Å²) in [5, 5.41) is 19.3. The lowest BCUT2D eigenvalue weighted by Gasteiger charge is -2.16. The van der Waals surface area contributed by atoms with Gasteiger partial charge in [-0.05, 0) is 25.1 Å². The zero-order valence-corrected chi connectivity index (χ0v) is 15.9. The van der Waals surface area contributed by atoms with E-state index in [1.54, 1.807) is 17.9 Å². The highest BCUT2D eigenvalue weighted by atomic mass is 19.1. The van der Waals surface area contributed by atoms with Gasteiger partial charge < -0.3 is 9.64 Å². The van der Waals surface area contributed by atoms with Crippen molar-refractivity contribution in [3.63, 3.8) is 0 Å². The molecule has 11 heteroatoms. The summed E-state index contributed by atoms with van der Waals surface area (Å²) in [5.41, 5.74) is 0.721. The molecule has 0 fully saturated rings. The van der Waals surface area contributed by atoms with Crippen molar-refractivity contribution in [1.82, 2.24) is 24.5 Å². The highest BCUT2D eigenvalue weighted by Crippen LogP contribution is 2.27. The SMILES string of the molecule is CCn1nccc1CN(C)C(=O)c1ccn(COc2cc(F)ccc2[N+](=O)[O-])n1. The zero-order valence-electron chi connectivity index (χ0n) is 15.9. The molecule has 3 rings (SSSR count). The minimum atomic E-state index is -0.664. The quantitative estimate of drug-likeness (QED) is 0.423. The molecule has 0 unspecified atom stereocenters. The third kappa shape index (κ3) is 4.57. The van der Waals surface area contributed by atoms with E-state index >= 15 is 0 Å². The Bertz CT molecular complexity index is 1030. The van der Waals surface area contributed by atoms with Crippen molar-refractivity contribution >= 4 is 11.6 Å².